The van der Waals surface area contributed by atoms with Gasteiger partial charge in [-0.3, -0.25) is 4.79 Å². The van der Waals surface area contributed by atoms with Gasteiger partial charge in [-0.15, -0.1) is 0 Å². The number of amides is 1. The SMILES string of the molecule is CC(=O)N[C@@H](CS)C(=O)O.[Pd]. The number of hydrogen-bond donors (Lipinski definition) is 3. The van der Waals surface area contributed by atoms with Crippen LogP contribution in [0, 0.1) is 0 Å². The number of carboxylic acids is 1. The van der Waals surface area contributed by atoms with E-state index in [1.807, 2.05) is 0 Å². The number of rotatable bonds is 3. The molecule has 0 saturated carbocycles. The van der Waals surface area contributed by atoms with Gasteiger partial charge in [-0.1, -0.05) is 0 Å². The Labute approximate surface area is 83.8 Å². The van der Waals surface area contributed by atoms with Gasteiger partial charge < -0.3 is 10.4 Å². The molecule has 0 unspecified atom stereocenters. The van der Waals surface area contributed by atoms with Crippen molar-refractivity contribution >= 4 is 24.5 Å². The molecule has 0 fully saturated rings. The second-order valence-corrected chi connectivity index (χ2v) is 2.14. The fourth-order valence-electron chi connectivity index (χ4n) is 0.431. The van der Waals surface area contributed by atoms with Gasteiger partial charge in [0.2, 0.25) is 5.91 Å². The van der Waals surface area contributed by atoms with Gasteiger partial charge >= 0.3 is 5.97 Å². The minimum atomic E-state index is -1.06. The zero-order valence-corrected chi connectivity index (χ0v) is 8.26. The maximum Gasteiger partial charge on any atom is 0.327 e. The van der Waals surface area contributed by atoms with Crippen molar-refractivity contribution in [1.29, 1.82) is 0 Å². The van der Waals surface area contributed by atoms with Gasteiger partial charge in [0.05, 0.1) is 0 Å². The van der Waals surface area contributed by atoms with Crippen LogP contribution in [0.4, 0.5) is 0 Å². The molecule has 0 saturated heterocycles. The van der Waals surface area contributed by atoms with E-state index in [-0.39, 0.29) is 32.1 Å². The average Bonchev–Trinajstić information content (AvgIpc) is 1.81. The van der Waals surface area contributed by atoms with Crippen molar-refractivity contribution in [3.8, 4) is 0 Å². The minimum Gasteiger partial charge on any atom is -0.480 e. The molecule has 0 aromatic heterocycles. The molecule has 6 heteroatoms. The Kier molecular flexibility index (Phi) is 8.18. The number of thiol groups is 1. The van der Waals surface area contributed by atoms with E-state index in [4.69, 9.17) is 5.11 Å². The Morgan fingerprint density at radius 2 is 2.09 bits per heavy atom. The minimum absolute atomic E-state index is 0. The molecule has 11 heavy (non-hydrogen) atoms. The molecule has 0 heterocycles. The molecule has 0 aliphatic heterocycles. The van der Waals surface area contributed by atoms with Crippen LogP contribution in [0.3, 0.4) is 0 Å². The topological polar surface area (TPSA) is 66.4 Å². The Hall–Kier alpha value is -0.0477. The average molecular weight is 270 g/mol. The van der Waals surface area contributed by atoms with E-state index in [0.29, 0.717) is 0 Å². The molecular formula is C5H9NO3PdS. The summed E-state index contributed by atoms with van der Waals surface area (Å²) in [5, 5.41) is 10.6. The Morgan fingerprint density at radius 1 is 1.64 bits per heavy atom. The second kappa shape index (κ2) is 6.65. The van der Waals surface area contributed by atoms with Crippen LogP contribution in [0.15, 0.2) is 0 Å². The molecule has 1 amide bonds. The van der Waals surface area contributed by atoms with E-state index in [0.717, 1.165) is 0 Å². The van der Waals surface area contributed by atoms with E-state index in [1.54, 1.807) is 0 Å². The predicted molar refractivity (Wildman–Crippen MR) is 39.1 cm³/mol. The molecule has 0 spiro atoms. The normalized spacial score (nSPS) is 11.1. The monoisotopic (exact) mass is 269 g/mol. The molecular weight excluding hydrogens is 261 g/mol. The van der Waals surface area contributed by atoms with Crippen molar-refractivity contribution in [3.63, 3.8) is 0 Å². The zero-order chi connectivity index (χ0) is 8.15. The van der Waals surface area contributed by atoms with E-state index in [2.05, 4.69) is 17.9 Å². The first-order chi connectivity index (χ1) is 4.57. The van der Waals surface area contributed by atoms with Gasteiger partial charge in [-0.25, -0.2) is 4.79 Å². The van der Waals surface area contributed by atoms with Crippen LogP contribution in [0.1, 0.15) is 6.92 Å². The van der Waals surface area contributed by atoms with Gasteiger partial charge in [0, 0.05) is 33.1 Å². The number of carbonyl (C=O) groups excluding carboxylic acids is 1. The number of nitrogens with one attached hydrogen (secondary N) is 1. The number of hydrogen-bond acceptors (Lipinski definition) is 3. The Bertz CT molecular complexity index is 153. The standard InChI is InChI=1S/C5H9NO3S.Pd/c1-3(7)6-4(2-10)5(8)9;/h4,10H,2H2,1H3,(H,6,7)(H,8,9);/t4-;/m0./s1. The summed E-state index contributed by atoms with van der Waals surface area (Å²) in [6, 6.07) is -0.874. The molecule has 0 aromatic rings. The smallest absolute Gasteiger partial charge is 0.327 e. The number of aliphatic carboxylic acids is 1. The molecule has 0 rings (SSSR count). The third kappa shape index (κ3) is 6.35. The molecule has 2 N–H and O–H groups in total. The van der Waals surface area contributed by atoms with Crippen molar-refractivity contribution in [2.45, 2.75) is 13.0 Å². The second-order valence-electron chi connectivity index (χ2n) is 1.77. The first-order valence-corrected chi connectivity index (χ1v) is 3.32. The summed E-state index contributed by atoms with van der Waals surface area (Å²) in [5.41, 5.74) is 0. The summed E-state index contributed by atoms with van der Waals surface area (Å²) < 4.78 is 0. The molecule has 0 bridgehead atoms. The maximum atomic E-state index is 10.3. The summed E-state index contributed by atoms with van der Waals surface area (Å²) in [6.45, 7) is 1.26. The van der Waals surface area contributed by atoms with Gasteiger partial charge in [0.15, 0.2) is 0 Å². The predicted octanol–water partition coefficient (Wildman–Crippen LogP) is -0.497. The molecule has 68 valence electrons. The van der Waals surface area contributed by atoms with Crippen molar-refractivity contribution in [2.75, 3.05) is 5.75 Å². The first-order valence-electron chi connectivity index (χ1n) is 2.68. The fraction of sp³-hybridized carbons (Fsp3) is 0.600. The van der Waals surface area contributed by atoms with Gasteiger partial charge in [-0.05, 0) is 0 Å². The molecule has 0 radical (unpaired) electrons. The van der Waals surface area contributed by atoms with E-state index < -0.39 is 12.0 Å². The van der Waals surface area contributed by atoms with Gasteiger partial charge in [-0.2, -0.15) is 12.6 Å². The summed E-state index contributed by atoms with van der Waals surface area (Å²) in [6.07, 6.45) is 0. The summed E-state index contributed by atoms with van der Waals surface area (Å²) in [4.78, 5) is 20.5. The maximum absolute atomic E-state index is 10.3. The van der Waals surface area contributed by atoms with E-state index in [9.17, 15) is 9.59 Å². The Balaban J connectivity index is 0. The van der Waals surface area contributed by atoms with Crippen molar-refractivity contribution in [3.05, 3.63) is 0 Å². The van der Waals surface area contributed by atoms with Crippen LogP contribution in [0.25, 0.3) is 0 Å². The summed E-state index contributed by atoms with van der Waals surface area (Å²) in [7, 11) is 0. The van der Waals surface area contributed by atoms with Crippen LogP contribution >= 0.6 is 12.6 Å². The molecule has 4 nitrogen and oxygen atoms in total. The quantitative estimate of drug-likeness (QED) is 0.478. The van der Waals surface area contributed by atoms with Crippen LogP contribution in [0.2, 0.25) is 0 Å². The third-order valence-electron chi connectivity index (χ3n) is 0.858. The van der Waals surface area contributed by atoms with Crippen LogP contribution in [-0.4, -0.2) is 28.8 Å². The molecule has 0 aliphatic carbocycles. The van der Waals surface area contributed by atoms with Crippen molar-refractivity contribution in [2.24, 2.45) is 0 Å². The van der Waals surface area contributed by atoms with Crippen molar-refractivity contribution < 1.29 is 35.1 Å². The van der Waals surface area contributed by atoms with E-state index >= 15 is 0 Å². The van der Waals surface area contributed by atoms with Crippen LogP contribution < -0.4 is 5.32 Å². The third-order valence-corrected chi connectivity index (χ3v) is 1.22. The first kappa shape index (κ1) is 13.5. The fourth-order valence-corrected chi connectivity index (χ4v) is 0.678. The van der Waals surface area contributed by atoms with Crippen LogP contribution in [0.5, 0.6) is 0 Å². The number of carboxylic acid groups (broad SMARTS) is 1. The molecule has 0 aromatic carbocycles. The number of carbonyl (C=O) groups is 2. The molecule has 0 aliphatic rings. The summed E-state index contributed by atoms with van der Waals surface area (Å²) >= 11 is 3.73. The zero-order valence-electron chi connectivity index (χ0n) is 5.81. The van der Waals surface area contributed by atoms with E-state index in [1.165, 1.54) is 6.92 Å². The van der Waals surface area contributed by atoms with Crippen molar-refractivity contribution in [1.82, 2.24) is 5.32 Å². The Morgan fingerprint density at radius 3 is 2.18 bits per heavy atom. The largest absolute Gasteiger partial charge is 0.480 e. The van der Waals surface area contributed by atoms with Crippen LogP contribution in [-0.2, 0) is 30.0 Å². The van der Waals surface area contributed by atoms with Gasteiger partial charge in [0.1, 0.15) is 6.04 Å². The summed E-state index contributed by atoms with van der Waals surface area (Å²) in [5.74, 6) is -1.32. The van der Waals surface area contributed by atoms with Gasteiger partial charge in [0.25, 0.3) is 0 Å². The molecule has 1 atom stereocenters.